The van der Waals surface area contributed by atoms with E-state index in [-0.39, 0.29) is 12.5 Å². The fourth-order valence-corrected chi connectivity index (χ4v) is 2.16. The summed E-state index contributed by atoms with van der Waals surface area (Å²) in [7, 11) is 0. The summed E-state index contributed by atoms with van der Waals surface area (Å²) in [5.74, 6) is -0.611. The minimum absolute atomic E-state index is 0.0681. The highest BCUT2D eigenvalue weighted by molar-refractivity contribution is 5.85. The lowest BCUT2D eigenvalue weighted by Crippen LogP contribution is -2.45. The Labute approximate surface area is 132 Å². The standard InChI is InChI=1S/C17H26N2O3/c1-3-5-11-15(18)17(21)19(13-16(20)22-4-2)12-14-9-7-6-8-10-14/h6-10,15H,3-5,11-13,18H2,1-2H3. The molecule has 2 N–H and O–H groups in total. The van der Waals surface area contributed by atoms with Gasteiger partial charge in [-0.25, -0.2) is 0 Å². The monoisotopic (exact) mass is 306 g/mol. The zero-order valence-corrected chi connectivity index (χ0v) is 13.5. The van der Waals surface area contributed by atoms with Gasteiger partial charge in [-0.15, -0.1) is 0 Å². The van der Waals surface area contributed by atoms with E-state index < -0.39 is 12.0 Å². The number of hydrogen-bond acceptors (Lipinski definition) is 4. The third-order valence-electron chi connectivity index (χ3n) is 3.34. The molecule has 0 saturated carbocycles. The van der Waals surface area contributed by atoms with Gasteiger partial charge < -0.3 is 15.4 Å². The Balaban J connectivity index is 2.76. The van der Waals surface area contributed by atoms with E-state index in [0.717, 1.165) is 18.4 Å². The quantitative estimate of drug-likeness (QED) is 0.709. The number of nitrogens with two attached hydrogens (primary N) is 1. The van der Waals surface area contributed by atoms with Crippen molar-refractivity contribution in [2.24, 2.45) is 5.73 Å². The molecular weight excluding hydrogens is 280 g/mol. The van der Waals surface area contributed by atoms with E-state index in [1.165, 1.54) is 4.90 Å². The third kappa shape index (κ3) is 6.26. The van der Waals surface area contributed by atoms with Gasteiger partial charge in [-0.2, -0.15) is 0 Å². The molecule has 0 saturated heterocycles. The minimum atomic E-state index is -0.571. The van der Waals surface area contributed by atoms with E-state index in [4.69, 9.17) is 10.5 Å². The van der Waals surface area contributed by atoms with Crippen molar-refractivity contribution in [2.75, 3.05) is 13.2 Å². The van der Waals surface area contributed by atoms with Crippen LogP contribution in [-0.4, -0.2) is 36.0 Å². The van der Waals surface area contributed by atoms with Gasteiger partial charge in [0.2, 0.25) is 5.91 Å². The molecule has 1 aromatic rings. The van der Waals surface area contributed by atoms with E-state index in [9.17, 15) is 9.59 Å². The predicted octanol–water partition coefficient (Wildman–Crippen LogP) is 2.10. The first-order chi connectivity index (χ1) is 10.6. The lowest BCUT2D eigenvalue weighted by molar-refractivity contribution is -0.149. The molecule has 0 heterocycles. The Kier molecular flexibility index (Phi) is 8.22. The molecule has 0 spiro atoms. The molecule has 0 radical (unpaired) electrons. The molecule has 5 heteroatoms. The number of benzene rings is 1. The highest BCUT2D eigenvalue weighted by atomic mass is 16.5. The van der Waals surface area contributed by atoms with Crippen LogP contribution in [0.4, 0.5) is 0 Å². The van der Waals surface area contributed by atoms with Gasteiger partial charge in [-0.1, -0.05) is 50.1 Å². The largest absolute Gasteiger partial charge is 0.465 e. The molecule has 0 fully saturated rings. The van der Waals surface area contributed by atoms with Gasteiger partial charge in [0.05, 0.1) is 12.6 Å². The second-order valence-electron chi connectivity index (χ2n) is 5.23. The Morgan fingerprint density at radius 3 is 2.50 bits per heavy atom. The lowest BCUT2D eigenvalue weighted by Gasteiger charge is -2.25. The Hall–Kier alpha value is -1.88. The maximum Gasteiger partial charge on any atom is 0.325 e. The first kappa shape index (κ1) is 18.2. The van der Waals surface area contributed by atoms with Crippen molar-refractivity contribution in [2.45, 2.75) is 45.7 Å². The summed E-state index contributed by atoms with van der Waals surface area (Å²) in [6.07, 6.45) is 2.51. The molecule has 5 nitrogen and oxygen atoms in total. The van der Waals surface area contributed by atoms with Crippen LogP contribution in [0.2, 0.25) is 0 Å². The predicted molar refractivity (Wildman–Crippen MR) is 86.0 cm³/mol. The topological polar surface area (TPSA) is 72.6 Å². The van der Waals surface area contributed by atoms with Gasteiger partial charge in [-0.3, -0.25) is 9.59 Å². The van der Waals surface area contributed by atoms with Crippen LogP contribution in [0, 0.1) is 0 Å². The van der Waals surface area contributed by atoms with Crippen LogP contribution >= 0.6 is 0 Å². The summed E-state index contributed by atoms with van der Waals surface area (Å²) < 4.78 is 4.95. The van der Waals surface area contributed by atoms with Crippen molar-refractivity contribution in [3.8, 4) is 0 Å². The second kappa shape index (κ2) is 9.95. The molecule has 22 heavy (non-hydrogen) atoms. The van der Waals surface area contributed by atoms with Gasteiger partial charge in [0.15, 0.2) is 0 Å². The van der Waals surface area contributed by atoms with Gasteiger partial charge in [0.1, 0.15) is 6.54 Å². The van der Waals surface area contributed by atoms with Gasteiger partial charge in [0.25, 0.3) is 0 Å². The molecule has 0 aliphatic carbocycles. The number of ether oxygens (including phenoxy) is 1. The van der Waals surface area contributed by atoms with Crippen molar-refractivity contribution >= 4 is 11.9 Å². The molecule has 1 unspecified atom stereocenters. The van der Waals surface area contributed by atoms with E-state index >= 15 is 0 Å². The van der Waals surface area contributed by atoms with E-state index in [0.29, 0.717) is 19.6 Å². The number of unbranched alkanes of at least 4 members (excludes halogenated alkanes) is 1. The van der Waals surface area contributed by atoms with Gasteiger partial charge in [-0.05, 0) is 18.9 Å². The molecule has 1 aromatic carbocycles. The van der Waals surface area contributed by atoms with Crippen molar-refractivity contribution in [3.63, 3.8) is 0 Å². The van der Waals surface area contributed by atoms with Crippen LogP contribution in [0.25, 0.3) is 0 Å². The lowest BCUT2D eigenvalue weighted by atomic mass is 10.1. The molecule has 0 aromatic heterocycles. The Morgan fingerprint density at radius 1 is 1.23 bits per heavy atom. The summed E-state index contributed by atoms with van der Waals surface area (Å²) in [5, 5.41) is 0. The maximum absolute atomic E-state index is 12.5. The summed E-state index contributed by atoms with van der Waals surface area (Å²) in [4.78, 5) is 25.7. The number of amides is 1. The van der Waals surface area contributed by atoms with Crippen molar-refractivity contribution in [3.05, 3.63) is 35.9 Å². The van der Waals surface area contributed by atoms with Crippen LogP contribution in [-0.2, 0) is 20.9 Å². The number of hydrogen-bond donors (Lipinski definition) is 1. The highest BCUT2D eigenvalue weighted by Gasteiger charge is 2.23. The van der Waals surface area contributed by atoms with Crippen LogP contribution in [0.1, 0.15) is 38.7 Å². The van der Waals surface area contributed by atoms with Gasteiger partial charge >= 0.3 is 5.97 Å². The summed E-state index contributed by atoms with van der Waals surface area (Å²) in [6, 6.07) is 8.98. The first-order valence-electron chi connectivity index (χ1n) is 7.82. The summed E-state index contributed by atoms with van der Waals surface area (Å²) >= 11 is 0. The van der Waals surface area contributed by atoms with Crippen molar-refractivity contribution in [1.82, 2.24) is 4.90 Å². The smallest absolute Gasteiger partial charge is 0.325 e. The minimum Gasteiger partial charge on any atom is -0.465 e. The number of esters is 1. The molecular formula is C17H26N2O3. The van der Waals surface area contributed by atoms with Crippen molar-refractivity contribution in [1.29, 1.82) is 0 Å². The average Bonchev–Trinajstić information content (AvgIpc) is 2.52. The fourth-order valence-electron chi connectivity index (χ4n) is 2.16. The molecule has 0 bridgehead atoms. The Bertz CT molecular complexity index is 462. The average molecular weight is 306 g/mol. The zero-order chi connectivity index (χ0) is 16.4. The normalized spacial score (nSPS) is 11.8. The molecule has 0 aliphatic heterocycles. The number of carbonyl (C=O) groups excluding carboxylic acids is 2. The van der Waals surface area contributed by atoms with E-state index in [1.807, 2.05) is 30.3 Å². The number of rotatable bonds is 9. The zero-order valence-electron chi connectivity index (χ0n) is 13.5. The molecule has 0 aliphatic rings. The second-order valence-corrected chi connectivity index (χ2v) is 5.23. The van der Waals surface area contributed by atoms with E-state index in [2.05, 4.69) is 6.92 Å². The highest BCUT2D eigenvalue weighted by Crippen LogP contribution is 2.09. The SMILES string of the molecule is CCCCC(N)C(=O)N(CC(=O)OCC)Cc1ccccc1. The molecule has 1 amide bonds. The number of nitrogens with zero attached hydrogens (tertiary/aromatic N) is 1. The third-order valence-corrected chi connectivity index (χ3v) is 3.34. The van der Waals surface area contributed by atoms with Crippen LogP contribution in [0.5, 0.6) is 0 Å². The van der Waals surface area contributed by atoms with Crippen LogP contribution in [0.3, 0.4) is 0 Å². The number of carbonyl (C=O) groups is 2. The fraction of sp³-hybridized carbons (Fsp3) is 0.529. The molecule has 122 valence electrons. The first-order valence-corrected chi connectivity index (χ1v) is 7.82. The van der Waals surface area contributed by atoms with E-state index in [1.54, 1.807) is 6.92 Å². The summed E-state index contributed by atoms with van der Waals surface area (Å²) in [6.45, 7) is 4.39. The molecule has 1 atom stereocenters. The maximum atomic E-state index is 12.5. The van der Waals surface area contributed by atoms with Crippen molar-refractivity contribution < 1.29 is 14.3 Å². The Morgan fingerprint density at radius 2 is 1.91 bits per heavy atom. The van der Waals surface area contributed by atoms with Gasteiger partial charge in [0, 0.05) is 6.54 Å². The van der Waals surface area contributed by atoms with Crippen LogP contribution in [0.15, 0.2) is 30.3 Å². The summed E-state index contributed by atoms with van der Waals surface area (Å²) in [5.41, 5.74) is 6.93. The van der Waals surface area contributed by atoms with Crippen LogP contribution < -0.4 is 5.73 Å². The molecule has 1 rings (SSSR count).